The fourth-order valence-electron chi connectivity index (χ4n) is 1.64. The normalized spacial score (nSPS) is 30.3. The number of hydrogen-bond donors (Lipinski definition) is 1. The molecule has 0 aromatic rings. The summed E-state index contributed by atoms with van der Waals surface area (Å²) in [5.41, 5.74) is 0. The van der Waals surface area contributed by atoms with E-state index in [4.69, 9.17) is 0 Å². The zero-order chi connectivity index (χ0) is 8.27. The lowest BCUT2D eigenvalue weighted by Gasteiger charge is -2.34. The van der Waals surface area contributed by atoms with Gasteiger partial charge in [0, 0.05) is 12.6 Å². The smallest absolute Gasteiger partial charge is 0.0667 e. The first kappa shape index (κ1) is 9.01. The summed E-state index contributed by atoms with van der Waals surface area (Å²) < 4.78 is 0. The first-order valence-corrected chi connectivity index (χ1v) is 4.66. The molecule has 66 valence electrons. The molecule has 1 aliphatic heterocycles. The van der Waals surface area contributed by atoms with E-state index in [9.17, 15) is 5.11 Å². The van der Waals surface area contributed by atoms with Crippen molar-refractivity contribution in [2.75, 3.05) is 13.1 Å². The van der Waals surface area contributed by atoms with E-state index < -0.39 is 0 Å². The molecule has 0 aromatic heterocycles. The molecule has 0 spiro atoms. The number of rotatable bonds is 2. The third-order valence-corrected chi connectivity index (χ3v) is 2.64. The van der Waals surface area contributed by atoms with E-state index in [0.29, 0.717) is 6.04 Å². The van der Waals surface area contributed by atoms with Crippen LogP contribution in [0, 0.1) is 0 Å². The third-order valence-electron chi connectivity index (χ3n) is 2.64. The number of likely N-dealkylation sites (tertiary alicyclic amines) is 1. The highest BCUT2D eigenvalue weighted by atomic mass is 16.3. The van der Waals surface area contributed by atoms with Crippen molar-refractivity contribution < 1.29 is 5.11 Å². The Bertz CT molecular complexity index is 116. The van der Waals surface area contributed by atoms with Gasteiger partial charge >= 0.3 is 0 Å². The van der Waals surface area contributed by atoms with Gasteiger partial charge < -0.3 is 5.11 Å². The molecule has 0 amide bonds. The number of aliphatic hydroxyl groups excluding tert-OH is 1. The van der Waals surface area contributed by atoms with E-state index in [1.165, 1.54) is 13.0 Å². The number of nitrogens with zero attached hydrogens (tertiary/aromatic N) is 1. The highest BCUT2D eigenvalue weighted by Gasteiger charge is 2.20. The first-order valence-electron chi connectivity index (χ1n) is 4.66. The van der Waals surface area contributed by atoms with E-state index in [1.54, 1.807) is 0 Å². The number of β-amino-alcohol motifs (C(OH)–C–C–N with tert-alkyl or cyclic N) is 1. The summed E-state index contributed by atoms with van der Waals surface area (Å²) in [5, 5.41) is 9.38. The second kappa shape index (κ2) is 4.07. The summed E-state index contributed by atoms with van der Waals surface area (Å²) >= 11 is 0. The standard InChI is InChI=1S/C9H19NO/c1-3-8(2)10-6-4-5-9(11)7-10/h8-9,11H,3-7H2,1-2H3/t8-,9+/m1/s1. The SMILES string of the molecule is CC[C@@H](C)N1CCC[C@H](O)C1. The van der Waals surface area contributed by atoms with E-state index in [0.717, 1.165) is 19.4 Å². The molecule has 0 saturated carbocycles. The van der Waals surface area contributed by atoms with Crippen molar-refractivity contribution in [2.45, 2.75) is 45.3 Å². The van der Waals surface area contributed by atoms with Crippen LogP contribution in [0.15, 0.2) is 0 Å². The zero-order valence-corrected chi connectivity index (χ0v) is 7.58. The largest absolute Gasteiger partial charge is 0.392 e. The van der Waals surface area contributed by atoms with Gasteiger partial charge in [-0.05, 0) is 32.7 Å². The molecule has 11 heavy (non-hydrogen) atoms. The molecule has 1 aliphatic rings. The van der Waals surface area contributed by atoms with Crippen molar-refractivity contribution >= 4 is 0 Å². The molecule has 1 heterocycles. The molecule has 0 unspecified atom stereocenters. The molecular weight excluding hydrogens is 138 g/mol. The molecule has 1 N–H and O–H groups in total. The molecular formula is C9H19NO. The van der Waals surface area contributed by atoms with Gasteiger partial charge in [-0.2, -0.15) is 0 Å². The van der Waals surface area contributed by atoms with Gasteiger partial charge in [-0.3, -0.25) is 4.90 Å². The Morgan fingerprint density at radius 3 is 2.91 bits per heavy atom. The monoisotopic (exact) mass is 157 g/mol. The lowest BCUT2D eigenvalue weighted by molar-refractivity contribution is 0.0498. The zero-order valence-electron chi connectivity index (χ0n) is 7.58. The van der Waals surface area contributed by atoms with Crippen LogP contribution in [0.5, 0.6) is 0 Å². The average Bonchev–Trinajstić information content (AvgIpc) is 2.03. The molecule has 2 nitrogen and oxygen atoms in total. The maximum atomic E-state index is 9.38. The van der Waals surface area contributed by atoms with Gasteiger partial charge in [0.25, 0.3) is 0 Å². The summed E-state index contributed by atoms with van der Waals surface area (Å²) in [6, 6.07) is 0.643. The van der Waals surface area contributed by atoms with Gasteiger partial charge in [0.05, 0.1) is 6.10 Å². The van der Waals surface area contributed by atoms with Gasteiger partial charge in [0.15, 0.2) is 0 Å². The van der Waals surface area contributed by atoms with E-state index in [2.05, 4.69) is 18.7 Å². The Labute approximate surface area is 69.2 Å². The van der Waals surface area contributed by atoms with Crippen LogP contribution in [0.1, 0.15) is 33.1 Å². The van der Waals surface area contributed by atoms with E-state index in [1.807, 2.05) is 0 Å². The minimum atomic E-state index is -0.0715. The van der Waals surface area contributed by atoms with Crippen molar-refractivity contribution in [1.29, 1.82) is 0 Å². The predicted molar refractivity (Wildman–Crippen MR) is 46.6 cm³/mol. The Hall–Kier alpha value is -0.0800. The van der Waals surface area contributed by atoms with E-state index >= 15 is 0 Å². The quantitative estimate of drug-likeness (QED) is 0.652. The molecule has 1 saturated heterocycles. The highest BCUT2D eigenvalue weighted by Crippen LogP contribution is 2.13. The maximum Gasteiger partial charge on any atom is 0.0667 e. The minimum absolute atomic E-state index is 0.0715. The number of aliphatic hydroxyl groups is 1. The van der Waals surface area contributed by atoms with Crippen LogP contribution in [-0.4, -0.2) is 35.2 Å². The highest BCUT2D eigenvalue weighted by molar-refractivity contribution is 4.75. The Morgan fingerprint density at radius 2 is 2.36 bits per heavy atom. The lowest BCUT2D eigenvalue weighted by Crippen LogP contribution is -2.43. The Morgan fingerprint density at radius 1 is 1.64 bits per heavy atom. The second-order valence-corrected chi connectivity index (χ2v) is 3.55. The van der Waals surface area contributed by atoms with Crippen LogP contribution in [0.2, 0.25) is 0 Å². The molecule has 1 rings (SSSR count). The summed E-state index contributed by atoms with van der Waals surface area (Å²) in [6.07, 6.45) is 3.27. The van der Waals surface area contributed by atoms with Gasteiger partial charge in [0.2, 0.25) is 0 Å². The van der Waals surface area contributed by atoms with Gasteiger partial charge in [-0.25, -0.2) is 0 Å². The summed E-state index contributed by atoms with van der Waals surface area (Å²) in [7, 11) is 0. The Kier molecular flexibility index (Phi) is 3.34. The second-order valence-electron chi connectivity index (χ2n) is 3.55. The predicted octanol–water partition coefficient (Wildman–Crippen LogP) is 1.24. The maximum absolute atomic E-state index is 9.38. The molecule has 0 radical (unpaired) electrons. The fourth-order valence-corrected chi connectivity index (χ4v) is 1.64. The van der Waals surface area contributed by atoms with Gasteiger partial charge in [0.1, 0.15) is 0 Å². The topological polar surface area (TPSA) is 23.5 Å². The number of piperidine rings is 1. The first-order chi connectivity index (χ1) is 5.24. The molecule has 2 atom stereocenters. The van der Waals surface area contributed by atoms with Crippen molar-refractivity contribution in [2.24, 2.45) is 0 Å². The van der Waals surface area contributed by atoms with Crippen LogP contribution < -0.4 is 0 Å². The van der Waals surface area contributed by atoms with Crippen molar-refractivity contribution in [3.8, 4) is 0 Å². The molecule has 0 bridgehead atoms. The van der Waals surface area contributed by atoms with Crippen LogP contribution in [-0.2, 0) is 0 Å². The van der Waals surface area contributed by atoms with Crippen LogP contribution in [0.25, 0.3) is 0 Å². The van der Waals surface area contributed by atoms with Crippen LogP contribution >= 0.6 is 0 Å². The molecule has 0 aromatic carbocycles. The van der Waals surface area contributed by atoms with Crippen molar-refractivity contribution in [1.82, 2.24) is 4.90 Å². The molecule has 0 aliphatic carbocycles. The van der Waals surface area contributed by atoms with Gasteiger partial charge in [-0.15, -0.1) is 0 Å². The molecule has 1 fully saturated rings. The Balaban J connectivity index is 2.33. The van der Waals surface area contributed by atoms with Crippen LogP contribution in [0.4, 0.5) is 0 Å². The van der Waals surface area contributed by atoms with E-state index in [-0.39, 0.29) is 6.10 Å². The summed E-state index contributed by atoms with van der Waals surface area (Å²) in [4.78, 5) is 2.38. The third kappa shape index (κ3) is 2.46. The van der Waals surface area contributed by atoms with Gasteiger partial charge in [-0.1, -0.05) is 6.92 Å². The van der Waals surface area contributed by atoms with Crippen molar-refractivity contribution in [3.63, 3.8) is 0 Å². The number of hydrogen-bond acceptors (Lipinski definition) is 2. The minimum Gasteiger partial charge on any atom is -0.392 e. The lowest BCUT2D eigenvalue weighted by atomic mass is 10.1. The van der Waals surface area contributed by atoms with Crippen molar-refractivity contribution in [3.05, 3.63) is 0 Å². The summed E-state index contributed by atoms with van der Waals surface area (Å²) in [6.45, 7) is 6.49. The van der Waals surface area contributed by atoms with Crippen LogP contribution in [0.3, 0.4) is 0 Å². The average molecular weight is 157 g/mol. The fraction of sp³-hybridized carbons (Fsp3) is 1.00. The molecule has 2 heteroatoms. The summed E-state index contributed by atoms with van der Waals surface area (Å²) in [5.74, 6) is 0.